The predicted octanol–water partition coefficient (Wildman–Crippen LogP) is 2.43. The van der Waals surface area contributed by atoms with E-state index >= 15 is 0 Å². The van der Waals surface area contributed by atoms with E-state index in [1.54, 1.807) is 26.0 Å². The van der Waals surface area contributed by atoms with Crippen LogP contribution in [0.15, 0.2) is 42.5 Å². The van der Waals surface area contributed by atoms with Gasteiger partial charge in [0.2, 0.25) is 0 Å². The molecule has 1 unspecified atom stereocenters. The number of Topliss-reactive ketones (excluding diaryl/α,β-unsaturated/α-hetero) is 1. The first-order chi connectivity index (χ1) is 7.00. The Morgan fingerprint density at radius 3 is 2.40 bits per heavy atom. The molecule has 2 heteroatoms. The molecule has 0 bridgehead atoms. The van der Waals surface area contributed by atoms with Crippen molar-refractivity contribution in [2.75, 3.05) is 0 Å². The average Bonchev–Trinajstić information content (AvgIpc) is 2.28. The summed E-state index contributed by atoms with van der Waals surface area (Å²) in [5.41, 5.74) is -0.332. The van der Waals surface area contributed by atoms with Gasteiger partial charge >= 0.3 is 0 Å². The molecular weight excluding hydrogens is 188 g/mol. The summed E-state index contributed by atoms with van der Waals surface area (Å²) in [7, 11) is 0. The minimum Gasteiger partial charge on any atom is -0.381 e. The molecule has 0 heterocycles. The van der Waals surface area contributed by atoms with Gasteiger partial charge < -0.3 is 5.11 Å². The molecule has 80 valence electrons. The number of aliphatic hydroxyl groups is 1. The van der Waals surface area contributed by atoms with E-state index in [9.17, 15) is 9.90 Å². The minimum atomic E-state index is -1.27. The summed E-state index contributed by atoms with van der Waals surface area (Å²) in [5.74, 6) is -0.108. The van der Waals surface area contributed by atoms with Gasteiger partial charge in [-0.05, 0) is 12.5 Å². The van der Waals surface area contributed by atoms with Gasteiger partial charge in [-0.3, -0.25) is 4.79 Å². The lowest BCUT2D eigenvalue weighted by atomic mass is 9.86. The van der Waals surface area contributed by atoms with Gasteiger partial charge in [-0.25, -0.2) is 0 Å². The zero-order chi connectivity index (χ0) is 11.5. The number of rotatable bonds is 4. The highest BCUT2D eigenvalue weighted by Gasteiger charge is 2.29. The van der Waals surface area contributed by atoms with Crippen LogP contribution in [0.5, 0.6) is 0 Å². The second-order valence-corrected chi connectivity index (χ2v) is 3.69. The average molecular weight is 204 g/mol. The van der Waals surface area contributed by atoms with E-state index in [0.717, 1.165) is 0 Å². The number of carbonyl (C=O) groups excluding carboxylic acids is 1. The normalized spacial score (nSPS) is 14.3. The van der Waals surface area contributed by atoms with Crippen molar-refractivity contribution in [1.82, 2.24) is 0 Å². The van der Waals surface area contributed by atoms with Gasteiger partial charge in [0.1, 0.15) is 5.60 Å². The van der Waals surface area contributed by atoms with Crippen molar-refractivity contribution in [3.8, 4) is 0 Å². The summed E-state index contributed by atoms with van der Waals surface area (Å²) < 4.78 is 0. The Morgan fingerprint density at radius 1 is 1.40 bits per heavy atom. The largest absolute Gasteiger partial charge is 0.381 e. The molecule has 1 aromatic carbocycles. The number of carbonyl (C=O) groups is 1. The van der Waals surface area contributed by atoms with E-state index in [-0.39, 0.29) is 11.4 Å². The molecule has 1 atom stereocenters. The number of hydrogen-bond acceptors (Lipinski definition) is 2. The molecule has 0 aliphatic rings. The third-order valence-electron chi connectivity index (χ3n) is 2.58. The topological polar surface area (TPSA) is 37.3 Å². The highest BCUT2D eigenvalue weighted by molar-refractivity contribution is 5.96. The minimum absolute atomic E-state index is 0.108. The Hall–Kier alpha value is -1.41. The standard InChI is InChI=1S/C13H16O2/c1-4-12(14)10(2)13(3,15)11-8-6-5-7-9-11/h5-9,15H,2,4H2,1,3H3. The maximum atomic E-state index is 11.5. The summed E-state index contributed by atoms with van der Waals surface area (Å²) in [6.07, 6.45) is 0.363. The van der Waals surface area contributed by atoms with Crippen LogP contribution in [0.2, 0.25) is 0 Å². The third kappa shape index (κ3) is 2.34. The molecule has 1 aromatic rings. The van der Waals surface area contributed by atoms with Crippen LogP contribution in [0.1, 0.15) is 25.8 Å². The summed E-state index contributed by atoms with van der Waals surface area (Å²) in [6, 6.07) is 9.09. The van der Waals surface area contributed by atoms with Crippen LogP contribution in [0.3, 0.4) is 0 Å². The maximum absolute atomic E-state index is 11.5. The van der Waals surface area contributed by atoms with Crippen LogP contribution in [0, 0.1) is 0 Å². The summed E-state index contributed by atoms with van der Waals surface area (Å²) in [4.78, 5) is 11.5. The van der Waals surface area contributed by atoms with E-state index < -0.39 is 5.60 Å². The first-order valence-electron chi connectivity index (χ1n) is 5.00. The van der Waals surface area contributed by atoms with Gasteiger partial charge in [0.15, 0.2) is 5.78 Å². The molecule has 0 radical (unpaired) electrons. The molecule has 0 aliphatic heterocycles. The summed E-state index contributed by atoms with van der Waals surface area (Å²) >= 11 is 0. The van der Waals surface area contributed by atoms with Crippen molar-refractivity contribution in [1.29, 1.82) is 0 Å². The fraction of sp³-hybridized carbons (Fsp3) is 0.308. The van der Waals surface area contributed by atoms with Crippen LogP contribution in [-0.2, 0) is 10.4 Å². The lowest BCUT2D eigenvalue weighted by molar-refractivity contribution is -0.117. The lowest BCUT2D eigenvalue weighted by Crippen LogP contribution is -2.27. The van der Waals surface area contributed by atoms with Crippen molar-refractivity contribution in [2.24, 2.45) is 0 Å². The first kappa shape index (κ1) is 11.7. The number of benzene rings is 1. The van der Waals surface area contributed by atoms with Crippen LogP contribution in [0.4, 0.5) is 0 Å². The molecule has 2 nitrogen and oxygen atoms in total. The smallest absolute Gasteiger partial charge is 0.161 e. The second-order valence-electron chi connectivity index (χ2n) is 3.69. The Morgan fingerprint density at radius 2 is 1.93 bits per heavy atom. The van der Waals surface area contributed by atoms with Gasteiger partial charge in [-0.2, -0.15) is 0 Å². The monoisotopic (exact) mass is 204 g/mol. The van der Waals surface area contributed by atoms with Crippen molar-refractivity contribution in [3.05, 3.63) is 48.0 Å². The van der Waals surface area contributed by atoms with E-state index in [2.05, 4.69) is 6.58 Å². The van der Waals surface area contributed by atoms with E-state index in [4.69, 9.17) is 0 Å². The highest BCUT2D eigenvalue weighted by Crippen LogP contribution is 2.28. The quantitative estimate of drug-likeness (QED) is 0.765. The predicted molar refractivity (Wildman–Crippen MR) is 60.5 cm³/mol. The van der Waals surface area contributed by atoms with Gasteiger partial charge in [0, 0.05) is 12.0 Å². The van der Waals surface area contributed by atoms with Gasteiger partial charge in [-0.1, -0.05) is 43.8 Å². The third-order valence-corrected chi connectivity index (χ3v) is 2.58. The van der Waals surface area contributed by atoms with Crippen molar-refractivity contribution in [2.45, 2.75) is 25.9 Å². The zero-order valence-corrected chi connectivity index (χ0v) is 9.16. The molecule has 0 fully saturated rings. The lowest BCUT2D eigenvalue weighted by Gasteiger charge is -2.25. The van der Waals surface area contributed by atoms with Crippen molar-refractivity contribution in [3.63, 3.8) is 0 Å². The van der Waals surface area contributed by atoms with E-state index in [1.165, 1.54) is 0 Å². The Labute approximate surface area is 90.3 Å². The number of hydrogen-bond donors (Lipinski definition) is 1. The molecular formula is C13H16O2. The van der Waals surface area contributed by atoms with Gasteiger partial charge in [0.25, 0.3) is 0 Å². The van der Waals surface area contributed by atoms with Crippen LogP contribution in [0.25, 0.3) is 0 Å². The summed E-state index contributed by atoms with van der Waals surface area (Å²) in [5, 5.41) is 10.2. The van der Waals surface area contributed by atoms with Gasteiger partial charge in [0.05, 0.1) is 0 Å². The van der Waals surface area contributed by atoms with Gasteiger partial charge in [-0.15, -0.1) is 0 Å². The first-order valence-corrected chi connectivity index (χ1v) is 5.00. The molecule has 0 saturated heterocycles. The molecule has 0 spiro atoms. The van der Waals surface area contributed by atoms with Crippen LogP contribution >= 0.6 is 0 Å². The Balaban J connectivity index is 3.03. The molecule has 0 aliphatic carbocycles. The Kier molecular flexibility index (Phi) is 3.43. The zero-order valence-electron chi connectivity index (χ0n) is 9.16. The molecule has 0 amide bonds. The van der Waals surface area contributed by atoms with Crippen molar-refractivity contribution >= 4 is 5.78 Å². The van der Waals surface area contributed by atoms with E-state index in [0.29, 0.717) is 12.0 Å². The molecule has 0 aromatic heterocycles. The fourth-order valence-electron chi connectivity index (χ4n) is 1.42. The molecule has 0 saturated carbocycles. The Bertz CT molecular complexity index is 363. The van der Waals surface area contributed by atoms with Crippen molar-refractivity contribution < 1.29 is 9.90 Å². The molecule has 1 rings (SSSR count). The summed E-state index contributed by atoms with van der Waals surface area (Å²) in [6.45, 7) is 7.03. The van der Waals surface area contributed by atoms with Crippen LogP contribution in [-0.4, -0.2) is 10.9 Å². The van der Waals surface area contributed by atoms with E-state index in [1.807, 2.05) is 18.2 Å². The fourth-order valence-corrected chi connectivity index (χ4v) is 1.42. The van der Waals surface area contributed by atoms with Crippen LogP contribution < -0.4 is 0 Å². The number of ketones is 1. The highest BCUT2D eigenvalue weighted by atomic mass is 16.3. The SMILES string of the molecule is C=C(C(=O)CC)C(C)(O)c1ccccc1. The second kappa shape index (κ2) is 4.41. The molecule has 1 N–H and O–H groups in total. The maximum Gasteiger partial charge on any atom is 0.161 e. The molecule has 15 heavy (non-hydrogen) atoms.